The fraction of sp³-hybridized carbons (Fsp3) is 0.722. The number of nitrogens with one attached hydrogen (secondary N) is 3. The monoisotopic (exact) mass is 319 g/mol. The molecule has 1 aromatic rings. The first-order chi connectivity index (χ1) is 11.3. The molecule has 0 spiro atoms. The third-order valence-corrected chi connectivity index (χ3v) is 4.62. The molecule has 1 saturated carbocycles. The minimum atomic E-state index is 0.661. The van der Waals surface area contributed by atoms with Crippen LogP contribution in [0.1, 0.15) is 44.0 Å². The first kappa shape index (κ1) is 18.3. The van der Waals surface area contributed by atoms with Gasteiger partial charge in [0.25, 0.3) is 0 Å². The maximum absolute atomic E-state index is 5.48. The number of pyridine rings is 1. The van der Waals surface area contributed by atoms with Gasteiger partial charge in [-0.15, -0.1) is 0 Å². The van der Waals surface area contributed by atoms with Gasteiger partial charge in [0.2, 0.25) is 0 Å². The average Bonchev–Trinajstić information content (AvgIpc) is 2.57. The van der Waals surface area contributed by atoms with Gasteiger partial charge < -0.3 is 21.7 Å². The van der Waals surface area contributed by atoms with Gasteiger partial charge in [0.15, 0.2) is 0 Å². The first-order valence-corrected chi connectivity index (χ1v) is 9.09. The number of hydrogen-bond donors (Lipinski definition) is 4. The van der Waals surface area contributed by atoms with Crippen LogP contribution in [0.4, 0.5) is 0 Å². The van der Waals surface area contributed by atoms with Crippen molar-refractivity contribution in [3.05, 3.63) is 29.6 Å². The normalized spacial score (nSPS) is 21.5. The van der Waals surface area contributed by atoms with Crippen LogP contribution in [0.2, 0.25) is 0 Å². The number of nitrogens with two attached hydrogens (primary N) is 1. The van der Waals surface area contributed by atoms with Crippen molar-refractivity contribution < 1.29 is 0 Å². The number of nitrogens with zero attached hydrogens (tertiary/aromatic N) is 1. The van der Waals surface area contributed by atoms with E-state index in [4.69, 9.17) is 5.73 Å². The second kappa shape index (κ2) is 10.7. The summed E-state index contributed by atoms with van der Waals surface area (Å²) < 4.78 is 0. The standard InChI is InChI=1S/C18H33N5/c1-15-5-2-3-8-18(15)22-12-11-21-14-17-7-4-6-16(23-17)13-20-10-9-19/h4,6-7,15,18,20-22H,2-3,5,8-14,19H2,1H3/t15-,18-/m1/s1. The van der Waals surface area contributed by atoms with Crippen molar-refractivity contribution in [3.8, 4) is 0 Å². The Morgan fingerprint density at radius 2 is 1.74 bits per heavy atom. The molecule has 5 N–H and O–H groups in total. The average molecular weight is 319 g/mol. The van der Waals surface area contributed by atoms with Crippen molar-refractivity contribution in [1.29, 1.82) is 0 Å². The molecule has 0 saturated heterocycles. The second-order valence-electron chi connectivity index (χ2n) is 6.58. The number of aromatic nitrogens is 1. The molecular weight excluding hydrogens is 286 g/mol. The maximum atomic E-state index is 5.48. The Labute approximate surface area is 140 Å². The lowest BCUT2D eigenvalue weighted by Gasteiger charge is -2.29. The van der Waals surface area contributed by atoms with E-state index in [2.05, 4.69) is 46.1 Å². The molecule has 0 bridgehead atoms. The summed E-state index contributed by atoms with van der Waals surface area (Å²) in [5.41, 5.74) is 7.66. The molecule has 23 heavy (non-hydrogen) atoms. The quantitative estimate of drug-likeness (QED) is 0.490. The van der Waals surface area contributed by atoms with Gasteiger partial charge in [-0.1, -0.05) is 25.8 Å². The Hall–Kier alpha value is -1.01. The van der Waals surface area contributed by atoms with E-state index in [1.165, 1.54) is 25.7 Å². The van der Waals surface area contributed by atoms with Crippen LogP contribution in [0.3, 0.4) is 0 Å². The van der Waals surface area contributed by atoms with Gasteiger partial charge in [-0.3, -0.25) is 4.98 Å². The van der Waals surface area contributed by atoms with Gasteiger partial charge in [-0.2, -0.15) is 0 Å². The van der Waals surface area contributed by atoms with Crippen molar-refractivity contribution in [2.75, 3.05) is 26.2 Å². The first-order valence-electron chi connectivity index (χ1n) is 9.09. The van der Waals surface area contributed by atoms with Crippen LogP contribution in [0.15, 0.2) is 18.2 Å². The number of hydrogen-bond acceptors (Lipinski definition) is 5. The Kier molecular flexibility index (Phi) is 8.53. The molecule has 2 rings (SSSR count). The van der Waals surface area contributed by atoms with Gasteiger partial charge in [0.1, 0.15) is 0 Å². The van der Waals surface area contributed by atoms with Crippen LogP contribution < -0.4 is 21.7 Å². The summed E-state index contributed by atoms with van der Waals surface area (Å²) in [4.78, 5) is 4.66. The predicted molar refractivity (Wildman–Crippen MR) is 96.1 cm³/mol. The van der Waals surface area contributed by atoms with Crippen LogP contribution in [0.25, 0.3) is 0 Å². The molecule has 5 nitrogen and oxygen atoms in total. The summed E-state index contributed by atoms with van der Waals surface area (Å²) >= 11 is 0. The Balaban J connectivity index is 1.61. The molecule has 1 aliphatic carbocycles. The molecular formula is C18H33N5. The summed E-state index contributed by atoms with van der Waals surface area (Å²) in [5, 5.41) is 10.5. The molecule has 0 amide bonds. The van der Waals surface area contributed by atoms with Crippen LogP contribution in [0.5, 0.6) is 0 Å². The smallest absolute Gasteiger partial charge is 0.0545 e. The third kappa shape index (κ3) is 6.96. The number of rotatable bonds is 10. The highest BCUT2D eigenvalue weighted by molar-refractivity contribution is 5.11. The fourth-order valence-corrected chi connectivity index (χ4v) is 3.23. The van der Waals surface area contributed by atoms with Gasteiger partial charge in [-0.05, 0) is 30.9 Å². The van der Waals surface area contributed by atoms with E-state index in [0.717, 1.165) is 50.0 Å². The van der Waals surface area contributed by atoms with Crippen molar-refractivity contribution in [1.82, 2.24) is 20.9 Å². The fourth-order valence-electron chi connectivity index (χ4n) is 3.23. The highest BCUT2D eigenvalue weighted by Crippen LogP contribution is 2.23. The van der Waals surface area contributed by atoms with E-state index < -0.39 is 0 Å². The van der Waals surface area contributed by atoms with E-state index in [9.17, 15) is 0 Å². The van der Waals surface area contributed by atoms with Crippen LogP contribution >= 0.6 is 0 Å². The summed E-state index contributed by atoms with van der Waals surface area (Å²) in [7, 11) is 0. The molecule has 0 aliphatic heterocycles. The topological polar surface area (TPSA) is 75.0 Å². The maximum Gasteiger partial charge on any atom is 0.0545 e. The molecule has 5 heteroatoms. The van der Waals surface area contributed by atoms with Crippen molar-refractivity contribution in [3.63, 3.8) is 0 Å². The van der Waals surface area contributed by atoms with E-state index in [1.807, 2.05) is 0 Å². The Bertz CT molecular complexity index is 437. The second-order valence-corrected chi connectivity index (χ2v) is 6.58. The lowest BCUT2D eigenvalue weighted by molar-refractivity contribution is 0.281. The summed E-state index contributed by atoms with van der Waals surface area (Å²) in [6, 6.07) is 6.92. The third-order valence-electron chi connectivity index (χ3n) is 4.62. The SMILES string of the molecule is C[C@@H]1CCCC[C@H]1NCCNCc1cccc(CNCCN)n1. The van der Waals surface area contributed by atoms with E-state index in [1.54, 1.807) is 0 Å². The van der Waals surface area contributed by atoms with E-state index in [0.29, 0.717) is 12.6 Å². The zero-order valence-electron chi connectivity index (χ0n) is 14.5. The van der Waals surface area contributed by atoms with Crippen molar-refractivity contribution >= 4 is 0 Å². The van der Waals surface area contributed by atoms with E-state index in [-0.39, 0.29) is 0 Å². The Morgan fingerprint density at radius 1 is 1.04 bits per heavy atom. The van der Waals surface area contributed by atoms with Gasteiger partial charge in [-0.25, -0.2) is 0 Å². The molecule has 1 aromatic heterocycles. The minimum absolute atomic E-state index is 0.661. The zero-order chi connectivity index (χ0) is 16.3. The molecule has 1 heterocycles. The summed E-state index contributed by atoms with van der Waals surface area (Å²) in [5.74, 6) is 0.822. The molecule has 1 fully saturated rings. The van der Waals surface area contributed by atoms with Gasteiger partial charge >= 0.3 is 0 Å². The molecule has 0 unspecified atom stereocenters. The van der Waals surface area contributed by atoms with E-state index >= 15 is 0 Å². The molecule has 0 radical (unpaired) electrons. The molecule has 0 aromatic carbocycles. The summed E-state index contributed by atoms with van der Waals surface area (Å²) in [6.45, 7) is 7.49. The zero-order valence-corrected chi connectivity index (χ0v) is 14.5. The van der Waals surface area contributed by atoms with Crippen molar-refractivity contribution in [2.24, 2.45) is 11.7 Å². The van der Waals surface area contributed by atoms with Crippen LogP contribution in [0, 0.1) is 5.92 Å². The van der Waals surface area contributed by atoms with Crippen LogP contribution in [-0.2, 0) is 13.1 Å². The minimum Gasteiger partial charge on any atom is -0.329 e. The van der Waals surface area contributed by atoms with Gasteiger partial charge in [0, 0.05) is 45.3 Å². The lowest BCUT2D eigenvalue weighted by atomic mass is 9.86. The van der Waals surface area contributed by atoms with Crippen molar-refractivity contribution in [2.45, 2.75) is 51.7 Å². The largest absolute Gasteiger partial charge is 0.329 e. The highest BCUT2D eigenvalue weighted by atomic mass is 15.0. The molecule has 1 aliphatic rings. The van der Waals surface area contributed by atoms with Crippen LogP contribution in [-0.4, -0.2) is 37.2 Å². The Morgan fingerprint density at radius 3 is 2.43 bits per heavy atom. The highest BCUT2D eigenvalue weighted by Gasteiger charge is 2.19. The summed E-state index contributed by atoms with van der Waals surface area (Å²) in [6.07, 6.45) is 5.49. The molecule has 130 valence electrons. The molecule has 2 atom stereocenters. The lowest BCUT2D eigenvalue weighted by Crippen LogP contribution is -2.40. The van der Waals surface area contributed by atoms with Gasteiger partial charge in [0.05, 0.1) is 11.4 Å². The predicted octanol–water partition coefficient (Wildman–Crippen LogP) is 1.39.